The van der Waals surface area contributed by atoms with Crippen molar-refractivity contribution in [3.8, 4) is 17.0 Å². The van der Waals surface area contributed by atoms with E-state index in [0.29, 0.717) is 33.4 Å². The Morgan fingerprint density at radius 3 is 2.79 bits per heavy atom. The number of nitrogens with zero attached hydrogens (tertiary/aromatic N) is 3. The van der Waals surface area contributed by atoms with E-state index in [1.165, 1.54) is 0 Å². The molecule has 0 bridgehead atoms. The number of aromatic nitrogens is 3. The first kappa shape index (κ1) is 18.0. The maximum atomic E-state index is 12.8. The lowest BCUT2D eigenvalue weighted by Crippen LogP contribution is -2.15. The van der Waals surface area contributed by atoms with E-state index in [9.17, 15) is 4.79 Å². The summed E-state index contributed by atoms with van der Waals surface area (Å²) in [5.41, 5.74) is 2.60. The number of carbonyl (C=O) groups is 1. The summed E-state index contributed by atoms with van der Waals surface area (Å²) in [6.07, 6.45) is 1.68. The van der Waals surface area contributed by atoms with Crippen LogP contribution in [0.1, 0.15) is 10.4 Å². The van der Waals surface area contributed by atoms with Crippen LogP contribution in [0.2, 0.25) is 5.02 Å². The molecule has 0 aliphatic carbocycles. The Hall–Kier alpha value is -3.38. The molecular formula is C21H17ClN4O2. The number of halogens is 1. The Labute approximate surface area is 166 Å². The van der Waals surface area contributed by atoms with Gasteiger partial charge in [0, 0.05) is 30.3 Å². The van der Waals surface area contributed by atoms with E-state index in [1.807, 2.05) is 36.4 Å². The van der Waals surface area contributed by atoms with Gasteiger partial charge in [-0.05, 0) is 30.3 Å². The van der Waals surface area contributed by atoms with Gasteiger partial charge >= 0.3 is 0 Å². The van der Waals surface area contributed by atoms with Gasteiger partial charge in [0.25, 0.3) is 5.91 Å². The minimum Gasteiger partial charge on any atom is -0.496 e. The molecule has 1 amide bonds. The lowest BCUT2D eigenvalue weighted by molar-refractivity contribution is 0.102. The predicted molar refractivity (Wildman–Crippen MR) is 110 cm³/mol. The Kier molecular flexibility index (Phi) is 4.71. The molecule has 140 valence electrons. The second kappa shape index (κ2) is 7.32. The van der Waals surface area contributed by atoms with Gasteiger partial charge in [-0.2, -0.15) is 5.10 Å². The van der Waals surface area contributed by atoms with Crippen molar-refractivity contribution in [1.29, 1.82) is 0 Å². The predicted octanol–water partition coefficient (Wildman–Crippen LogP) is 4.55. The number of fused-ring (bicyclic) bond motifs is 1. The zero-order valence-electron chi connectivity index (χ0n) is 15.3. The van der Waals surface area contributed by atoms with E-state index < -0.39 is 0 Å². The molecule has 2 aromatic carbocycles. The fraction of sp³-hybridized carbons (Fsp3) is 0.0952. The molecule has 1 N–H and O–H groups in total. The number of amides is 1. The van der Waals surface area contributed by atoms with Gasteiger partial charge in [0.05, 0.1) is 28.9 Å². The molecule has 7 heteroatoms. The summed E-state index contributed by atoms with van der Waals surface area (Å²) in [5.74, 6) is 0.928. The van der Waals surface area contributed by atoms with Gasteiger partial charge in [0.15, 0.2) is 0 Å². The normalized spacial score (nSPS) is 10.8. The number of hydrogen-bond acceptors (Lipinski definition) is 4. The van der Waals surface area contributed by atoms with Crippen LogP contribution in [-0.4, -0.2) is 27.8 Å². The number of hydrogen-bond donors (Lipinski definition) is 1. The molecule has 0 aliphatic rings. The molecule has 0 radical (unpaired) electrons. The first-order valence-electron chi connectivity index (χ1n) is 8.60. The van der Waals surface area contributed by atoms with Crippen molar-refractivity contribution in [2.45, 2.75) is 0 Å². The molecule has 0 fully saturated rings. The van der Waals surface area contributed by atoms with Crippen LogP contribution in [-0.2, 0) is 7.05 Å². The second-order valence-corrected chi connectivity index (χ2v) is 6.63. The largest absolute Gasteiger partial charge is 0.496 e. The highest BCUT2D eigenvalue weighted by Crippen LogP contribution is 2.30. The smallest absolute Gasteiger partial charge is 0.258 e. The zero-order valence-corrected chi connectivity index (χ0v) is 16.1. The molecule has 28 heavy (non-hydrogen) atoms. The molecule has 4 aromatic rings. The van der Waals surface area contributed by atoms with E-state index in [1.54, 1.807) is 43.2 Å². The number of anilines is 1. The van der Waals surface area contributed by atoms with Crippen molar-refractivity contribution in [3.05, 3.63) is 71.4 Å². The number of pyridine rings is 1. The van der Waals surface area contributed by atoms with Crippen LogP contribution in [0.5, 0.6) is 5.75 Å². The van der Waals surface area contributed by atoms with Gasteiger partial charge in [-0.3, -0.25) is 14.5 Å². The third-order valence-corrected chi connectivity index (χ3v) is 4.75. The second-order valence-electron chi connectivity index (χ2n) is 6.22. The molecule has 2 aromatic heterocycles. The maximum Gasteiger partial charge on any atom is 0.258 e. The van der Waals surface area contributed by atoms with E-state index in [0.717, 1.165) is 10.9 Å². The number of aryl methyl sites for hydroxylation is 1. The summed E-state index contributed by atoms with van der Waals surface area (Å²) in [6, 6.07) is 16.5. The van der Waals surface area contributed by atoms with Crippen molar-refractivity contribution >= 4 is 34.2 Å². The maximum absolute atomic E-state index is 12.8. The highest BCUT2D eigenvalue weighted by Gasteiger charge is 2.16. The monoisotopic (exact) mass is 392 g/mol. The summed E-state index contributed by atoms with van der Waals surface area (Å²) < 4.78 is 7.00. The highest BCUT2D eigenvalue weighted by molar-refractivity contribution is 6.35. The van der Waals surface area contributed by atoms with Crippen molar-refractivity contribution in [2.75, 3.05) is 12.4 Å². The van der Waals surface area contributed by atoms with Gasteiger partial charge in [-0.1, -0.05) is 29.8 Å². The lowest BCUT2D eigenvalue weighted by atomic mass is 10.1. The molecule has 0 atom stereocenters. The highest BCUT2D eigenvalue weighted by atomic mass is 35.5. The molecular weight excluding hydrogens is 376 g/mol. The van der Waals surface area contributed by atoms with Crippen LogP contribution in [0, 0.1) is 0 Å². The average molecular weight is 393 g/mol. The Morgan fingerprint density at radius 2 is 1.96 bits per heavy atom. The topological polar surface area (TPSA) is 69.0 Å². The van der Waals surface area contributed by atoms with Crippen molar-refractivity contribution in [2.24, 2.45) is 7.05 Å². The number of ether oxygens (including phenoxy) is 1. The van der Waals surface area contributed by atoms with Gasteiger partial charge in [0.1, 0.15) is 11.6 Å². The Morgan fingerprint density at radius 1 is 1.14 bits per heavy atom. The van der Waals surface area contributed by atoms with Crippen molar-refractivity contribution in [1.82, 2.24) is 14.8 Å². The van der Waals surface area contributed by atoms with Crippen LogP contribution in [0.3, 0.4) is 0 Å². The summed E-state index contributed by atoms with van der Waals surface area (Å²) in [6.45, 7) is 0. The van der Waals surface area contributed by atoms with Crippen LogP contribution >= 0.6 is 11.6 Å². The molecule has 4 rings (SSSR count). The summed E-state index contributed by atoms with van der Waals surface area (Å²) in [5, 5.41) is 8.60. The summed E-state index contributed by atoms with van der Waals surface area (Å²) >= 11 is 6.32. The molecule has 0 saturated carbocycles. The van der Waals surface area contributed by atoms with Gasteiger partial charge in [-0.25, -0.2) is 0 Å². The molecule has 0 aliphatic heterocycles. The first-order valence-corrected chi connectivity index (χ1v) is 8.97. The fourth-order valence-corrected chi connectivity index (χ4v) is 3.28. The third-order valence-electron chi connectivity index (χ3n) is 4.44. The number of carbonyl (C=O) groups excluding carboxylic acids is 1. The molecule has 0 saturated heterocycles. The van der Waals surface area contributed by atoms with Crippen LogP contribution in [0.25, 0.3) is 22.2 Å². The van der Waals surface area contributed by atoms with Gasteiger partial charge in [0.2, 0.25) is 0 Å². The van der Waals surface area contributed by atoms with E-state index in [2.05, 4.69) is 15.4 Å². The molecule has 2 heterocycles. The lowest BCUT2D eigenvalue weighted by Gasteiger charge is -2.08. The van der Waals surface area contributed by atoms with Crippen molar-refractivity contribution < 1.29 is 9.53 Å². The number of para-hydroxylation sites is 1. The van der Waals surface area contributed by atoms with E-state index in [-0.39, 0.29) is 5.91 Å². The van der Waals surface area contributed by atoms with Crippen molar-refractivity contribution in [3.63, 3.8) is 0 Å². The minimum atomic E-state index is -0.327. The van der Waals surface area contributed by atoms with E-state index in [4.69, 9.17) is 16.3 Å². The Bertz CT molecular complexity index is 1190. The fourth-order valence-electron chi connectivity index (χ4n) is 3.02. The number of rotatable bonds is 4. The number of nitrogens with one attached hydrogen (secondary N) is 1. The molecule has 0 unspecified atom stereocenters. The molecule has 0 spiro atoms. The van der Waals surface area contributed by atoms with Crippen LogP contribution < -0.4 is 10.1 Å². The zero-order chi connectivity index (χ0) is 19.7. The van der Waals surface area contributed by atoms with Gasteiger partial charge in [-0.15, -0.1) is 0 Å². The summed E-state index contributed by atoms with van der Waals surface area (Å²) in [7, 11) is 3.37. The third kappa shape index (κ3) is 3.30. The number of methoxy groups -OCH3 is 1. The Balaban J connectivity index is 1.66. The minimum absolute atomic E-state index is 0.327. The summed E-state index contributed by atoms with van der Waals surface area (Å²) in [4.78, 5) is 17.1. The van der Waals surface area contributed by atoms with Crippen LogP contribution in [0.15, 0.2) is 60.8 Å². The SMILES string of the molecule is COc1ccccc1-c1cc(NC(=O)c2cc3ncccc3cc2Cl)n(C)n1. The first-order chi connectivity index (χ1) is 13.6. The quantitative estimate of drug-likeness (QED) is 0.553. The average Bonchev–Trinajstić information content (AvgIpc) is 3.07. The van der Waals surface area contributed by atoms with Gasteiger partial charge < -0.3 is 10.1 Å². The van der Waals surface area contributed by atoms with E-state index >= 15 is 0 Å². The molecule has 6 nitrogen and oxygen atoms in total. The standard InChI is InChI=1S/C21H17ClN4O2/c1-26-20(12-18(25-26)14-7-3-4-8-19(14)28-2)24-21(27)15-11-17-13(10-16(15)22)6-5-9-23-17/h3-12H,1-2H3,(H,24,27). The number of benzene rings is 2. The van der Waals surface area contributed by atoms with Crippen LogP contribution in [0.4, 0.5) is 5.82 Å².